The topological polar surface area (TPSA) is 48.1 Å². The highest BCUT2D eigenvalue weighted by Crippen LogP contribution is 2.23. The summed E-state index contributed by atoms with van der Waals surface area (Å²) in [5, 5.41) is 1.10. The fraction of sp³-hybridized carbons (Fsp3) is 0.357. The third kappa shape index (κ3) is 2.56. The molecule has 2 N–H and O–H groups in total. The molecule has 1 heterocycles. The highest BCUT2D eigenvalue weighted by atomic mass is 16.5. The van der Waals surface area contributed by atoms with E-state index in [0.29, 0.717) is 0 Å². The van der Waals surface area contributed by atoms with E-state index in [1.807, 2.05) is 24.3 Å². The van der Waals surface area contributed by atoms with Crippen LogP contribution in [0.15, 0.2) is 30.3 Å². The number of hydrogen-bond acceptors (Lipinski definition) is 3. The summed E-state index contributed by atoms with van der Waals surface area (Å²) >= 11 is 0. The van der Waals surface area contributed by atoms with Crippen molar-refractivity contribution in [3.05, 3.63) is 36.0 Å². The smallest absolute Gasteiger partial charge is 0.145 e. The van der Waals surface area contributed by atoms with Crippen molar-refractivity contribution in [1.82, 2.24) is 4.98 Å². The van der Waals surface area contributed by atoms with E-state index in [9.17, 15) is 0 Å². The van der Waals surface area contributed by atoms with Gasteiger partial charge in [0.2, 0.25) is 0 Å². The number of benzene rings is 1. The molecule has 0 bridgehead atoms. The standard InChI is InChI=1S/C14H18N2O/c1-3-11(15)9-12-8-7-10-5-4-6-13(17-2)14(10)16-12/h4-8,11H,3,9,15H2,1-2H3. The van der Waals surface area contributed by atoms with E-state index >= 15 is 0 Å². The van der Waals surface area contributed by atoms with E-state index in [4.69, 9.17) is 10.5 Å². The summed E-state index contributed by atoms with van der Waals surface area (Å²) in [6, 6.07) is 10.2. The third-order valence-corrected chi connectivity index (χ3v) is 2.96. The molecular formula is C14H18N2O. The Balaban J connectivity index is 2.41. The first kappa shape index (κ1) is 11.9. The van der Waals surface area contributed by atoms with Crippen molar-refractivity contribution in [2.24, 2.45) is 5.73 Å². The summed E-state index contributed by atoms with van der Waals surface area (Å²) in [6.07, 6.45) is 1.77. The van der Waals surface area contributed by atoms with Crippen LogP contribution in [0.5, 0.6) is 5.75 Å². The lowest BCUT2D eigenvalue weighted by molar-refractivity contribution is 0.418. The van der Waals surface area contributed by atoms with Crippen LogP contribution in [0.1, 0.15) is 19.0 Å². The third-order valence-electron chi connectivity index (χ3n) is 2.96. The second-order valence-electron chi connectivity index (χ2n) is 4.21. The van der Waals surface area contributed by atoms with Crippen LogP contribution in [0.25, 0.3) is 10.9 Å². The van der Waals surface area contributed by atoms with Gasteiger partial charge in [0.15, 0.2) is 0 Å². The van der Waals surface area contributed by atoms with Gasteiger partial charge >= 0.3 is 0 Å². The van der Waals surface area contributed by atoms with E-state index in [2.05, 4.69) is 18.0 Å². The highest BCUT2D eigenvalue weighted by Gasteiger charge is 2.06. The van der Waals surface area contributed by atoms with Gasteiger partial charge in [0.1, 0.15) is 11.3 Å². The molecule has 17 heavy (non-hydrogen) atoms. The Hall–Kier alpha value is -1.61. The molecule has 0 spiro atoms. The molecule has 1 atom stereocenters. The number of aromatic nitrogens is 1. The van der Waals surface area contributed by atoms with Crippen molar-refractivity contribution < 1.29 is 4.74 Å². The first-order valence-corrected chi connectivity index (χ1v) is 5.92. The van der Waals surface area contributed by atoms with Gasteiger partial charge in [0.25, 0.3) is 0 Å². The molecule has 0 aliphatic heterocycles. The van der Waals surface area contributed by atoms with E-state index in [1.165, 1.54) is 0 Å². The second kappa shape index (κ2) is 5.15. The molecule has 0 saturated heterocycles. The first-order chi connectivity index (χ1) is 8.24. The zero-order valence-corrected chi connectivity index (χ0v) is 10.3. The predicted octanol–water partition coefficient (Wildman–Crippen LogP) is 2.52. The number of fused-ring (bicyclic) bond motifs is 1. The minimum absolute atomic E-state index is 0.176. The Morgan fingerprint density at radius 3 is 2.82 bits per heavy atom. The van der Waals surface area contributed by atoms with E-state index in [-0.39, 0.29) is 6.04 Å². The van der Waals surface area contributed by atoms with Gasteiger partial charge in [-0.05, 0) is 18.6 Å². The lowest BCUT2D eigenvalue weighted by atomic mass is 10.1. The number of methoxy groups -OCH3 is 1. The normalized spacial score (nSPS) is 12.6. The fourth-order valence-electron chi connectivity index (χ4n) is 1.85. The number of nitrogens with zero attached hydrogens (tertiary/aromatic N) is 1. The van der Waals surface area contributed by atoms with Crippen molar-refractivity contribution in [2.75, 3.05) is 7.11 Å². The number of pyridine rings is 1. The average Bonchev–Trinajstić information content (AvgIpc) is 2.37. The van der Waals surface area contributed by atoms with Crippen molar-refractivity contribution in [3.8, 4) is 5.75 Å². The minimum Gasteiger partial charge on any atom is -0.494 e. The molecule has 3 nitrogen and oxygen atoms in total. The van der Waals surface area contributed by atoms with Gasteiger partial charge in [-0.3, -0.25) is 0 Å². The number of rotatable bonds is 4. The zero-order chi connectivity index (χ0) is 12.3. The van der Waals surface area contributed by atoms with Gasteiger partial charge in [-0.1, -0.05) is 25.1 Å². The molecule has 0 radical (unpaired) electrons. The van der Waals surface area contributed by atoms with Crippen LogP contribution in [0.3, 0.4) is 0 Å². The Morgan fingerprint density at radius 1 is 1.29 bits per heavy atom. The Kier molecular flexibility index (Phi) is 3.59. The zero-order valence-electron chi connectivity index (χ0n) is 10.3. The molecule has 0 amide bonds. The largest absolute Gasteiger partial charge is 0.494 e. The van der Waals surface area contributed by atoms with Crippen LogP contribution in [0.2, 0.25) is 0 Å². The molecule has 1 aromatic heterocycles. The summed E-state index contributed by atoms with van der Waals surface area (Å²) in [6.45, 7) is 2.09. The molecule has 0 aliphatic carbocycles. The average molecular weight is 230 g/mol. The lowest BCUT2D eigenvalue weighted by Crippen LogP contribution is -2.21. The summed E-state index contributed by atoms with van der Waals surface area (Å²) in [5.41, 5.74) is 7.89. The maximum atomic E-state index is 5.95. The molecule has 1 unspecified atom stereocenters. The van der Waals surface area contributed by atoms with E-state index < -0.39 is 0 Å². The molecule has 0 aliphatic rings. The van der Waals surface area contributed by atoms with Crippen molar-refractivity contribution in [2.45, 2.75) is 25.8 Å². The molecule has 0 saturated carbocycles. The van der Waals surface area contributed by atoms with Gasteiger partial charge in [0.05, 0.1) is 7.11 Å². The number of hydrogen-bond donors (Lipinski definition) is 1. The fourth-order valence-corrected chi connectivity index (χ4v) is 1.85. The van der Waals surface area contributed by atoms with Gasteiger partial charge in [-0.15, -0.1) is 0 Å². The van der Waals surface area contributed by atoms with Crippen LogP contribution in [-0.2, 0) is 6.42 Å². The van der Waals surface area contributed by atoms with Crippen molar-refractivity contribution in [3.63, 3.8) is 0 Å². The SMILES string of the molecule is CCC(N)Cc1ccc2cccc(OC)c2n1. The maximum absolute atomic E-state index is 5.95. The van der Waals surface area contributed by atoms with Gasteiger partial charge in [-0.25, -0.2) is 4.98 Å². The van der Waals surface area contributed by atoms with Crippen LogP contribution >= 0.6 is 0 Å². The lowest BCUT2D eigenvalue weighted by Gasteiger charge is -2.10. The predicted molar refractivity (Wildman–Crippen MR) is 70.3 cm³/mol. The molecular weight excluding hydrogens is 212 g/mol. The molecule has 2 aromatic rings. The molecule has 90 valence electrons. The van der Waals surface area contributed by atoms with E-state index in [1.54, 1.807) is 7.11 Å². The Labute approximate surface area is 102 Å². The van der Waals surface area contributed by atoms with Crippen molar-refractivity contribution >= 4 is 10.9 Å². The molecule has 2 rings (SSSR count). The summed E-state index contributed by atoms with van der Waals surface area (Å²) < 4.78 is 5.32. The number of ether oxygens (including phenoxy) is 1. The summed E-state index contributed by atoms with van der Waals surface area (Å²) in [5.74, 6) is 0.814. The second-order valence-corrected chi connectivity index (χ2v) is 4.21. The molecule has 0 fully saturated rings. The van der Waals surface area contributed by atoms with Gasteiger partial charge < -0.3 is 10.5 Å². The monoisotopic (exact) mass is 230 g/mol. The summed E-state index contributed by atoms with van der Waals surface area (Å²) in [7, 11) is 1.67. The van der Waals surface area contributed by atoms with Crippen molar-refractivity contribution in [1.29, 1.82) is 0 Å². The van der Waals surface area contributed by atoms with Crippen LogP contribution in [0, 0.1) is 0 Å². The Bertz CT molecular complexity index is 511. The van der Waals surface area contributed by atoms with Gasteiger partial charge in [0, 0.05) is 23.5 Å². The van der Waals surface area contributed by atoms with E-state index in [0.717, 1.165) is 35.2 Å². The summed E-state index contributed by atoms with van der Waals surface area (Å²) in [4.78, 5) is 4.63. The number of nitrogens with two attached hydrogens (primary N) is 1. The highest BCUT2D eigenvalue weighted by molar-refractivity contribution is 5.84. The number of para-hydroxylation sites is 1. The molecule has 1 aromatic carbocycles. The Morgan fingerprint density at radius 2 is 2.12 bits per heavy atom. The maximum Gasteiger partial charge on any atom is 0.145 e. The quantitative estimate of drug-likeness (QED) is 0.878. The van der Waals surface area contributed by atoms with Crippen LogP contribution in [0.4, 0.5) is 0 Å². The first-order valence-electron chi connectivity index (χ1n) is 5.92. The van der Waals surface area contributed by atoms with Crippen LogP contribution < -0.4 is 10.5 Å². The van der Waals surface area contributed by atoms with Gasteiger partial charge in [-0.2, -0.15) is 0 Å². The van der Waals surface area contributed by atoms with Crippen LogP contribution in [-0.4, -0.2) is 18.1 Å². The molecule has 3 heteroatoms. The minimum atomic E-state index is 0.176.